The molecule has 0 heterocycles. The normalized spacial score (nSPS) is 11.7. The average molecular weight is 477 g/mol. The van der Waals surface area contributed by atoms with E-state index in [2.05, 4.69) is 5.32 Å². The van der Waals surface area contributed by atoms with Gasteiger partial charge in [0.15, 0.2) is 6.61 Å². The minimum atomic E-state index is -0.764. The molecule has 0 aliphatic rings. The van der Waals surface area contributed by atoms with Gasteiger partial charge in [0.25, 0.3) is 5.91 Å². The molecule has 0 unspecified atom stereocenters. The van der Waals surface area contributed by atoms with Gasteiger partial charge in [-0.2, -0.15) is 0 Å². The Bertz CT molecular complexity index is 1130. The highest BCUT2D eigenvalue weighted by atomic mass is 19.1. The van der Waals surface area contributed by atoms with Crippen LogP contribution in [0.3, 0.4) is 0 Å². The zero-order chi connectivity index (χ0) is 25.4. The molecule has 2 amide bonds. The predicted octanol–water partition coefficient (Wildman–Crippen LogP) is 4.99. The van der Waals surface area contributed by atoms with Crippen LogP contribution in [0.2, 0.25) is 0 Å². The second kappa shape index (κ2) is 12.2. The van der Waals surface area contributed by atoms with Crippen LogP contribution in [-0.4, -0.2) is 35.4 Å². The number of hydrogen-bond donors (Lipinski definition) is 1. The van der Waals surface area contributed by atoms with Gasteiger partial charge in [-0.05, 0) is 68.1 Å². The first-order valence-corrected chi connectivity index (χ1v) is 11.8. The van der Waals surface area contributed by atoms with E-state index in [4.69, 9.17) is 4.74 Å². The monoisotopic (exact) mass is 476 g/mol. The summed E-state index contributed by atoms with van der Waals surface area (Å²) in [6.45, 7) is 7.58. The van der Waals surface area contributed by atoms with Crippen LogP contribution in [0.25, 0.3) is 0 Å². The molecule has 0 aliphatic heterocycles. The maximum Gasteiger partial charge on any atom is 0.261 e. The number of benzene rings is 3. The van der Waals surface area contributed by atoms with Crippen LogP contribution in [0.1, 0.15) is 36.1 Å². The lowest BCUT2D eigenvalue weighted by Crippen LogP contribution is -2.52. The van der Waals surface area contributed by atoms with Gasteiger partial charge in [0.1, 0.15) is 17.6 Å². The summed E-state index contributed by atoms with van der Waals surface area (Å²) in [5.74, 6) is -0.296. The zero-order valence-electron chi connectivity index (χ0n) is 20.8. The van der Waals surface area contributed by atoms with Crippen LogP contribution in [0, 0.1) is 19.7 Å². The fourth-order valence-corrected chi connectivity index (χ4v) is 3.81. The highest BCUT2D eigenvalue weighted by Gasteiger charge is 2.31. The van der Waals surface area contributed by atoms with Gasteiger partial charge in [0, 0.05) is 19.0 Å². The molecule has 184 valence electrons. The van der Waals surface area contributed by atoms with Gasteiger partial charge in [0.2, 0.25) is 5.91 Å². The lowest BCUT2D eigenvalue weighted by atomic mass is 10.0. The summed E-state index contributed by atoms with van der Waals surface area (Å²) in [4.78, 5) is 28.4. The number of rotatable bonds is 10. The fourth-order valence-electron chi connectivity index (χ4n) is 3.81. The molecule has 0 saturated heterocycles. The van der Waals surface area contributed by atoms with Crippen molar-refractivity contribution in [3.8, 4) is 5.75 Å². The van der Waals surface area contributed by atoms with Crippen molar-refractivity contribution in [3.05, 3.63) is 101 Å². The smallest absolute Gasteiger partial charge is 0.261 e. The third-order valence-electron chi connectivity index (χ3n) is 5.66. The van der Waals surface area contributed by atoms with E-state index in [1.54, 1.807) is 12.1 Å². The molecular formula is C29H33FN2O3. The zero-order valence-corrected chi connectivity index (χ0v) is 20.8. The molecule has 35 heavy (non-hydrogen) atoms. The van der Waals surface area contributed by atoms with E-state index >= 15 is 0 Å². The molecule has 0 bridgehead atoms. The Morgan fingerprint density at radius 1 is 0.943 bits per heavy atom. The first-order valence-electron chi connectivity index (χ1n) is 11.8. The van der Waals surface area contributed by atoms with Gasteiger partial charge in [-0.3, -0.25) is 9.59 Å². The summed E-state index contributed by atoms with van der Waals surface area (Å²) in [5.41, 5.74) is 3.61. The summed E-state index contributed by atoms with van der Waals surface area (Å²) in [6, 6.07) is 20.5. The van der Waals surface area contributed by atoms with Crippen LogP contribution in [-0.2, 0) is 22.6 Å². The highest BCUT2D eigenvalue weighted by molar-refractivity contribution is 5.88. The number of nitrogens with zero attached hydrogens (tertiary/aromatic N) is 1. The van der Waals surface area contributed by atoms with Gasteiger partial charge < -0.3 is 15.0 Å². The van der Waals surface area contributed by atoms with Crippen molar-refractivity contribution in [1.82, 2.24) is 10.2 Å². The van der Waals surface area contributed by atoms with Crippen LogP contribution in [0.4, 0.5) is 4.39 Å². The first kappa shape index (κ1) is 25.9. The number of nitrogens with one attached hydrogen (secondary N) is 1. The summed E-state index contributed by atoms with van der Waals surface area (Å²) in [7, 11) is 0. The second-order valence-electron chi connectivity index (χ2n) is 9.07. The van der Waals surface area contributed by atoms with Crippen molar-refractivity contribution >= 4 is 11.8 Å². The Morgan fingerprint density at radius 3 is 2.29 bits per heavy atom. The number of aryl methyl sites for hydroxylation is 2. The summed E-state index contributed by atoms with van der Waals surface area (Å²) < 4.78 is 19.4. The molecule has 1 N–H and O–H groups in total. The summed E-state index contributed by atoms with van der Waals surface area (Å²) >= 11 is 0. The largest absolute Gasteiger partial charge is 0.483 e. The van der Waals surface area contributed by atoms with E-state index in [-0.39, 0.29) is 36.8 Å². The van der Waals surface area contributed by atoms with Crippen LogP contribution in [0.15, 0.2) is 72.8 Å². The molecular weight excluding hydrogens is 443 g/mol. The number of halogens is 1. The maximum absolute atomic E-state index is 13.6. The third-order valence-corrected chi connectivity index (χ3v) is 5.66. The maximum atomic E-state index is 13.6. The highest BCUT2D eigenvalue weighted by Crippen LogP contribution is 2.20. The molecule has 0 fully saturated rings. The van der Waals surface area contributed by atoms with Crippen LogP contribution in [0.5, 0.6) is 5.75 Å². The Kier molecular flexibility index (Phi) is 9.01. The molecule has 0 radical (unpaired) electrons. The molecule has 0 aromatic heterocycles. The van der Waals surface area contributed by atoms with Gasteiger partial charge in [-0.1, -0.05) is 54.6 Å². The topological polar surface area (TPSA) is 58.6 Å². The lowest BCUT2D eigenvalue weighted by Gasteiger charge is -2.32. The van der Waals surface area contributed by atoms with E-state index < -0.39 is 6.04 Å². The fraction of sp³-hybridized carbons (Fsp3) is 0.310. The molecule has 0 aliphatic carbocycles. The molecule has 3 aromatic carbocycles. The van der Waals surface area contributed by atoms with E-state index in [1.807, 2.05) is 76.2 Å². The van der Waals surface area contributed by atoms with Crippen molar-refractivity contribution in [2.75, 3.05) is 6.61 Å². The Balaban J connectivity index is 1.91. The molecule has 3 aromatic rings. The van der Waals surface area contributed by atoms with Gasteiger partial charge in [-0.25, -0.2) is 4.39 Å². The number of carbonyl (C=O) groups excluding carboxylic acids is 2. The molecule has 1 atom stereocenters. The van der Waals surface area contributed by atoms with Gasteiger partial charge >= 0.3 is 0 Å². The van der Waals surface area contributed by atoms with E-state index in [0.717, 1.165) is 22.3 Å². The number of amides is 2. The van der Waals surface area contributed by atoms with Crippen molar-refractivity contribution in [2.24, 2.45) is 0 Å². The van der Waals surface area contributed by atoms with Crippen molar-refractivity contribution in [3.63, 3.8) is 0 Å². The lowest BCUT2D eigenvalue weighted by molar-refractivity contribution is -0.143. The van der Waals surface area contributed by atoms with Crippen molar-refractivity contribution < 1.29 is 18.7 Å². The standard InChI is InChI=1S/C29H33FN2O3/c1-20(2)31-29(34)26(17-23-8-6-5-7-9-23)32(18-24-12-14-25(30)15-13-24)28(33)19-35-27-16-21(3)10-11-22(27)4/h5-16,20,26H,17-19H2,1-4H3,(H,31,34)/t26-/m0/s1. The van der Waals surface area contributed by atoms with Crippen molar-refractivity contribution in [2.45, 2.75) is 52.7 Å². The van der Waals surface area contributed by atoms with Gasteiger partial charge in [-0.15, -0.1) is 0 Å². The Labute approximate surface area is 206 Å². The minimum absolute atomic E-state index is 0.0882. The number of ether oxygens (including phenoxy) is 1. The number of carbonyl (C=O) groups is 2. The second-order valence-corrected chi connectivity index (χ2v) is 9.07. The van der Waals surface area contributed by atoms with Gasteiger partial charge in [0.05, 0.1) is 0 Å². The molecule has 6 heteroatoms. The number of hydrogen-bond acceptors (Lipinski definition) is 3. The minimum Gasteiger partial charge on any atom is -0.483 e. The Hall–Kier alpha value is -3.67. The van der Waals surface area contributed by atoms with Crippen molar-refractivity contribution in [1.29, 1.82) is 0 Å². The van der Waals surface area contributed by atoms with Crippen LogP contribution < -0.4 is 10.1 Å². The summed E-state index contributed by atoms with van der Waals surface area (Å²) in [6.07, 6.45) is 0.343. The quantitative estimate of drug-likeness (QED) is 0.449. The third kappa shape index (κ3) is 7.67. The SMILES string of the molecule is Cc1ccc(C)c(OCC(=O)N(Cc2ccc(F)cc2)[C@@H](Cc2ccccc2)C(=O)NC(C)C)c1. The molecule has 0 spiro atoms. The van der Waals surface area contributed by atoms with E-state index in [1.165, 1.54) is 17.0 Å². The van der Waals surface area contributed by atoms with E-state index in [0.29, 0.717) is 12.2 Å². The molecule has 0 saturated carbocycles. The average Bonchev–Trinajstić information content (AvgIpc) is 2.83. The van der Waals surface area contributed by atoms with E-state index in [9.17, 15) is 14.0 Å². The van der Waals surface area contributed by atoms with Crippen LogP contribution >= 0.6 is 0 Å². The molecule has 5 nitrogen and oxygen atoms in total. The first-order chi connectivity index (χ1) is 16.7. The predicted molar refractivity (Wildman–Crippen MR) is 136 cm³/mol. The summed E-state index contributed by atoms with van der Waals surface area (Å²) in [5, 5.41) is 2.95. The molecule has 3 rings (SSSR count). The Morgan fingerprint density at radius 2 is 1.63 bits per heavy atom.